The van der Waals surface area contributed by atoms with Gasteiger partial charge in [-0.25, -0.2) is 4.79 Å². The lowest BCUT2D eigenvalue weighted by Crippen LogP contribution is -2.57. The number of benzene rings is 2. The molecule has 1 aliphatic rings. The van der Waals surface area contributed by atoms with Crippen molar-refractivity contribution in [3.8, 4) is 0 Å². The van der Waals surface area contributed by atoms with Crippen molar-refractivity contribution in [1.29, 1.82) is 0 Å². The fraction of sp³-hybridized carbons (Fsp3) is 0.721. The van der Waals surface area contributed by atoms with E-state index in [-0.39, 0.29) is 35.9 Å². The van der Waals surface area contributed by atoms with Gasteiger partial charge in [-0.2, -0.15) is 0 Å². The van der Waals surface area contributed by atoms with Crippen LogP contribution in [-0.4, -0.2) is 92.7 Å². The van der Waals surface area contributed by atoms with Crippen LogP contribution >= 0.6 is 0 Å². The van der Waals surface area contributed by atoms with Crippen LogP contribution in [0.4, 0.5) is 4.79 Å². The number of carbonyl (C=O) groups excluding carboxylic acids is 5. The second-order valence-electron chi connectivity index (χ2n) is 25.6. The number of nitrogens with one attached hydrogen (secondary N) is 2. The molecule has 3 rings (SSSR count). The van der Waals surface area contributed by atoms with Gasteiger partial charge in [-0.1, -0.05) is 168 Å². The Morgan fingerprint density at radius 1 is 0.740 bits per heavy atom. The largest absolute Gasteiger partial charge is 0.466 e. The fourth-order valence-electron chi connectivity index (χ4n) is 11.0. The van der Waals surface area contributed by atoms with Crippen LogP contribution in [0.3, 0.4) is 0 Å². The summed E-state index contributed by atoms with van der Waals surface area (Å²) in [6.45, 7) is 34.5. The van der Waals surface area contributed by atoms with Gasteiger partial charge in [0.1, 0.15) is 17.7 Å². The quantitative estimate of drug-likeness (QED) is 0.0448. The van der Waals surface area contributed by atoms with E-state index in [1.807, 2.05) is 74.5 Å². The maximum atomic E-state index is 14.6. The third kappa shape index (κ3) is 23.6. The first-order chi connectivity index (χ1) is 34.1. The number of hydrogen-bond donors (Lipinski definition) is 2. The molecule has 0 saturated carbocycles. The number of amides is 3. The van der Waals surface area contributed by atoms with Crippen LogP contribution in [0.2, 0.25) is 24.2 Å². The summed E-state index contributed by atoms with van der Waals surface area (Å²) in [4.78, 5) is 71.6. The number of carbonyl (C=O) groups is 5. The molecule has 0 spiro atoms. The molecule has 2 aromatic carbocycles. The molecule has 1 aliphatic heterocycles. The number of alkyl carbamates (subject to hydrolysis) is 1. The Labute approximate surface area is 444 Å². The topological polar surface area (TPSA) is 140 Å². The molecular formula is C61H101N3O8Si. The van der Waals surface area contributed by atoms with Gasteiger partial charge in [0.05, 0.1) is 26.6 Å². The number of esters is 1. The van der Waals surface area contributed by atoms with Gasteiger partial charge in [-0.05, 0) is 124 Å². The Bertz CT molecular complexity index is 1970. The van der Waals surface area contributed by atoms with Crippen molar-refractivity contribution in [2.45, 2.75) is 216 Å². The van der Waals surface area contributed by atoms with Crippen LogP contribution < -0.4 is 10.6 Å². The zero-order valence-electron chi connectivity index (χ0n) is 48.3. The predicted octanol–water partition coefficient (Wildman–Crippen LogP) is 13.1. The van der Waals surface area contributed by atoms with Gasteiger partial charge in [0.15, 0.2) is 5.78 Å². The minimum absolute atomic E-state index is 0.125. The highest BCUT2D eigenvalue weighted by Gasteiger charge is 2.41. The summed E-state index contributed by atoms with van der Waals surface area (Å²) >= 11 is 0. The lowest BCUT2D eigenvalue weighted by Gasteiger charge is -2.32. The van der Waals surface area contributed by atoms with Gasteiger partial charge < -0.3 is 29.7 Å². The normalized spacial score (nSPS) is 17.0. The van der Waals surface area contributed by atoms with E-state index < -0.39 is 55.7 Å². The average molecular weight is 1030 g/mol. The molecular weight excluding hydrogens is 931 g/mol. The highest BCUT2D eigenvalue weighted by molar-refractivity contribution is 6.79. The molecule has 3 amide bonds. The molecule has 2 aromatic rings. The van der Waals surface area contributed by atoms with Crippen molar-refractivity contribution in [1.82, 2.24) is 15.5 Å². The van der Waals surface area contributed by atoms with E-state index in [4.69, 9.17) is 14.2 Å². The molecule has 0 bridgehead atoms. The van der Waals surface area contributed by atoms with Crippen LogP contribution in [0.5, 0.6) is 0 Å². The predicted molar refractivity (Wildman–Crippen MR) is 300 cm³/mol. The minimum Gasteiger partial charge on any atom is -0.466 e. The van der Waals surface area contributed by atoms with E-state index in [9.17, 15) is 24.0 Å². The highest BCUT2D eigenvalue weighted by Crippen LogP contribution is 2.35. The summed E-state index contributed by atoms with van der Waals surface area (Å²) in [6.07, 6.45) is 6.53. The lowest BCUT2D eigenvalue weighted by molar-refractivity contribution is -0.150. The monoisotopic (exact) mass is 1030 g/mol. The van der Waals surface area contributed by atoms with Crippen LogP contribution in [0.15, 0.2) is 60.7 Å². The van der Waals surface area contributed by atoms with Crippen LogP contribution in [-0.2, 0) is 46.2 Å². The summed E-state index contributed by atoms with van der Waals surface area (Å²) in [5.41, 5.74) is 1.62. The zero-order valence-corrected chi connectivity index (χ0v) is 49.3. The summed E-state index contributed by atoms with van der Waals surface area (Å²) in [5.74, 6) is -0.734. The number of Topliss-reactive ketones (excluding diaryl/α,β-unsaturated/α-hetero) is 1. The SMILES string of the molecule is CC[Si](CC)(CCCOCC(CCC(C)CC(C)(C)C)C(C)CC(C)(C)C)CCOC(=O)[C@@H](CC(=O)[C@H](Cc1ccccc1)NC(=O)C1CCCN1C(=O)[C@@H](NC(=O)OC(C)(C)C)C(C)C)Cc1ccccc1. The molecule has 4 unspecified atom stereocenters. The lowest BCUT2D eigenvalue weighted by atomic mass is 9.76. The molecule has 7 atom stereocenters. The van der Waals surface area contributed by atoms with Crippen molar-refractivity contribution in [2.75, 3.05) is 26.4 Å². The van der Waals surface area contributed by atoms with E-state index >= 15 is 0 Å². The van der Waals surface area contributed by atoms with Crippen LogP contribution in [0, 0.1) is 40.4 Å². The summed E-state index contributed by atoms with van der Waals surface area (Å²) in [6, 6.07) is 20.6. The van der Waals surface area contributed by atoms with Gasteiger partial charge >= 0.3 is 12.1 Å². The molecule has 1 saturated heterocycles. The van der Waals surface area contributed by atoms with E-state index in [0.29, 0.717) is 55.6 Å². The van der Waals surface area contributed by atoms with E-state index in [0.717, 1.165) is 54.9 Å². The van der Waals surface area contributed by atoms with E-state index in [1.165, 1.54) is 30.6 Å². The first-order valence-corrected chi connectivity index (χ1v) is 30.9. The summed E-state index contributed by atoms with van der Waals surface area (Å²) in [5, 5.41) is 5.77. The molecule has 0 aliphatic carbocycles. The molecule has 2 N–H and O–H groups in total. The molecule has 0 radical (unpaired) electrons. The number of rotatable bonds is 30. The molecule has 1 heterocycles. The molecule has 412 valence electrons. The average Bonchev–Trinajstić information content (AvgIpc) is 3.80. The second kappa shape index (κ2) is 29.9. The zero-order chi connectivity index (χ0) is 54.6. The first kappa shape index (κ1) is 63.3. The van der Waals surface area contributed by atoms with Gasteiger partial charge in [-0.15, -0.1) is 0 Å². The minimum atomic E-state index is -1.80. The van der Waals surface area contributed by atoms with Crippen molar-refractivity contribution in [3.63, 3.8) is 0 Å². The van der Waals surface area contributed by atoms with Crippen molar-refractivity contribution in [3.05, 3.63) is 71.8 Å². The Kier molecular flexibility index (Phi) is 25.9. The second-order valence-corrected chi connectivity index (χ2v) is 31.0. The van der Waals surface area contributed by atoms with Crippen LogP contribution in [0.1, 0.15) is 166 Å². The van der Waals surface area contributed by atoms with E-state index in [2.05, 4.69) is 79.9 Å². The highest BCUT2D eigenvalue weighted by atomic mass is 28.3. The molecule has 1 fully saturated rings. The summed E-state index contributed by atoms with van der Waals surface area (Å²) < 4.78 is 18.2. The molecule has 12 heteroatoms. The number of nitrogens with zero attached hydrogens (tertiary/aromatic N) is 1. The Morgan fingerprint density at radius 2 is 1.33 bits per heavy atom. The summed E-state index contributed by atoms with van der Waals surface area (Å²) in [7, 11) is -1.80. The van der Waals surface area contributed by atoms with Gasteiger partial charge in [-0.3, -0.25) is 19.2 Å². The van der Waals surface area contributed by atoms with E-state index in [1.54, 1.807) is 20.8 Å². The van der Waals surface area contributed by atoms with Gasteiger partial charge in [0.2, 0.25) is 11.8 Å². The maximum absolute atomic E-state index is 14.6. The van der Waals surface area contributed by atoms with Crippen molar-refractivity contribution >= 4 is 37.7 Å². The van der Waals surface area contributed by atoms with Gasteiger partial charge in [0.25, 0.3) is 0 Å². The smallest absolute Gasteiger partial charge is 0.408 e. The third-order valence-electron chi connectivity index (χ3n) is 15.0. The molecule has 73 heavy (non-hydrogen) atoms. The Hall–Kier alpha value is -4.03. The Morgan fingerprint density at radius 3 is 1.88 bits per heavy atom. The van der Waals surface area contributed by atoms with Crippen LogP contribution in [0.25, 0.3) is 0 Å². The standard InChI is InChI=1S/C61H101N3O8Si/c1-16-73(17-2,36-25-34-70-43-49(46(6)42-60(10,11)12)32-31-45(5)41-59(7,8)9)37-35-71-57(68)50(38-47-26-20-18-21-27-47)40-53(65)51(39-48-28-22-19-23-29-48)62-55(66)52-30-24-33-64(52)56(67)54(44(3)4)63-58(69)72-61(13,14)15/h18-23,26-29,44-46,49-52,54H,16-17,24-25,30-43H2,1-15H3,(H,62,66)(H,63,69)/t45?,46?,49?,50-,51+,52?,54+/m1/s1. The first-order valence-electron chi connectivity index (χ1n) is 28.1. The molecule has 11 nitrogen and oxygen atoms in total. The Balaban J connectivity index is 1.73. The number of hydrogen-bond acceptors (Lipinski definition) is 8. The number of likely N-dealkylation sites (tertiary alicyclic amines) is 1. The van der Waals surface area contributed by atoms with Crippen molar-refractivity contribution < 1.29 is 38.2 Å². The van der Waals surface area contributed by atoms with Crippen molar-refractivity contribution in [2.24, 2.45) is 40.4 Å². The number of ketones is 1. The molecule has 0 aromatic heterocycles. The fourth-order valence-corrected chi connectivity index (χ4v) is 14.6. The number of ether oxygens (including phenoxy) is 3. The third-order valence-corrected chi connectivity index (χ3v) is 20.7. The maximum Gasteiger partial charge on any atom is 0.408 e. The van der Waals surface area contributed by atoms with Gasteiger partial charge in [0, 0.05) is 26.2 Å².